The number of hydrogen-bond donors (Lipinski definition) is 1. The molecule has 4 nitrogen and oxygen atoms in total. The van der Waals surface area contributed by atoms with Gasteiger partial charge in [0.2, 0.25) is 6.79 Å². The minimum Gasteiger partial charge on any atom is -0.454 e. The van der Waals surface area contributed by atoms with Crippen molar-refractivity contribution < 1.29 is 13.7 Å². The Morgan fingerprint density at radius 1 is 1.41 bits per heavy atom. The van der Waals surface area contributed by atoms with Crippen LogP contribution in [-0.2, 0) is 10.8 Å². The lowest BCUT2D eigenvalue weighted by atomic mass is 10.1. The van der Waals surface area contributed by atoms with Crippen molar-refractivity contribution in [1.29, 1.82) is 0 Å². The van der Waals surface area contributed by atoms with Crippen molar-refractivity contribution in [1.82, 2.24) is 5.32 Å². The molecule has 0 aromatic heterocycles. The topological polar surface area (TPSA) is 47.6 Å². The molecule has 0 saturated carbocycles. The second-order valence-electron chi connectivity index (χ2n) is 3.85. The lowest BCUT2D eigenvalue weighted by Crippen LogP contribution is -2.23. The molecule has 0 aliphatic carbocycles. The number of ether oxygens (including phenoxy) is 2. The van der Waals surface area contributed by atoms with E-state index in [9.17, 15) is 4.21 Å². The molecular weight excluding hydrogens is 238 g/mol. The fourth-order valence-electron chi connectivity index (χ4n) is 1.78. The number of rotatable bonds is 5. The number of fused-ring (bicyclic) bond motifs is 1. The third kappa shape index (κ3) is 2.79. The lowest BCUT2D eigenvalue weighted by molar-refractivity contribution is 0.174. The largest absolute Gasteiger partial charge is 0.454 e. The molecule has 0 spiro atoms. The van der Waals surface area contributed by atoms with Crippen molar-refractivity contribution in [2.24, 2.45) is 0 Å². The Bertz CT molecular complexity index is 422. The van der Waals surface area contributed by atoms with Crippen LogP contribution in [0.3, 0.4) is 0 Å². The maximum atomic E-state index is 11.6. The number of benzene rings is 1. The average molecular weight is 255 g/mol. The molecule has 5 heteroatoms. The molecule has 1 N–H and O–H groups in total. The van der Waals surface area contributed by atoms with Crippen molar-refractivity contribution in [3.05, 3.63) is 23.8 Å². The molecule has 1 aliphatic rings. The van der Waals surface area contributed by atoms with E-state index >= 15 is 0 Å². The Morgan fingerprint density at radius 2 is 2.18 bits per heavy atom. The van der Waals surface area contributed by atoms with Gasteiger partial charge in [-0.25, -0.2) is 0 Å². The Hall–Kier alpha value is -1.07. The monoisotopic (exact) mass is 255 g/mol. The molecule has 0 radical (unpaired) electrons. The fourth-order valence-corrected chi connectivity index (χ4v) is 2.75. The first-order chi connectivity index (χ1) is 8.24. The van der Waals surface area contributed by atoms with E-state index in [0.717, 1.165) is 17.1 Å². The molecular formula is C12H17NO3S. The summed E-state index contributed by atoms with van der Waals surface area (Å²) in [6.07, 6.45) is 0. The Labute approximate surface area is 104 Å². The van der Waals surface area contributed by atoms with E-state index < -0.39 is 10.8 Å². The van der Waals surface area contributed by atoms with Crippen LogP contribution in [0, 0.1) is 0 Å². The predicted octanol–water partition coefficient (Wildman–Crippen LogP) is 1.44. The summed E-state index contributed by atoms with van der Waals surface area (Å²) in [5, 5.41) is 3.19. The van der Waals surface area contributed by atoms with Gasteiger partial charge < -0.3 is 14.8 Å². The summed E-state index contributed by atoms with van der Waals surface area (Å²) in [6.45, 7) is 2.21. The highest BCUT2D eigenvalue weighted by atomic mass is 32.2. The van der Waals surface area contributed by atoms with Gasteiger partial charge in [-0.05, 0) is 24.7 Å². The lowest BCUT2D eigenvalue weighted by Gasteiger charge is -2.16. The Kier molecular flexibility index (Phi) is 4.02. The maximum absolute atomic E-state index is 11.6. The van der Waals surface area contributed by atoms with E-state index in [0.29, 0.717) is 11.5 Å². The summed E-state index contributed by atoms with van der Waals surface area (Å²) in [5.74, 6) is 2.85. The Morgan fingerprint density at radius 3 is 2.88 bits per heavy atom. The second-order valence-corrected chi connectivity index (χ2v) is 5.64. The molecule has 1 aromatic rings. The molecule has 2 unspecified atom stereocenters. The highest BCUT2D eigenvalue weighted by molar-refractivity contribution is 7.84. The van der Waals surface area contributed by atoms with Crippen LogP contribution in [0.4, 0.5) is 0 Å². The van der Waals surface area contributed by atoms with Crippen LogP contribution in [-0.4, -0.2) is 29.6 Å². The van der Waals surface area contributed by atoms with Crippen LogP contribution >= 0.6 is 0 Å². The van der Waals surface area contributed by atoms with Gasteiger partial charge in [-0.3, -0.25) is 4.21 Å². The summed E-state index contributed by atoms with van der Waals surface area (Å²) in [5.41, 5.74) is 1.08. The standard InChI is InChI=1S/C12H17NO3S/c1-3-17(14)7-10(13-2)9-4-5-11-12(6-9)16-8-15-11/h4-6,10,13H,3,7-8H2,1-2H3. The zero-order valence-electron chi connectivity index (χ0n) is 10.1. The van der Waals surface area contributed by atoms with E-state index in [1.807, 2.05) is 32.2 Å². The third-order valence-corrected chi connectivity index (χ3v) is 4.17. The van der Waals surface area contributed by atoms with Crippen LogP contribution in [0.5, 0.6) is 11.5 Å². The van der Waals surface area contributed by atoms with Gasteiger partial charge >= 0.3 is 0 Å². The molecule has 0 bridgehead atoms. The van der Waals surface area contributed by atoms with Gasteiger partial charge in [-0.15, -0.1) is 0 Å². The number of hydrogen-bond acceptors (Lipinski definition) is 4. The van der Waals surface area contributed by atoms with E-state index in [4.69, 9.17) is 9.47 Å². The first kappa shape index (κ1) is 12.4. The number of nitrogens with one attached hydrogen (secondary N) is 1. The quantitative estimate of drug-likeness (QED) is 0.865. The van der Waals surface area contributed by atoms with Crippen molar-refractivity contribution in [3.8, 4) is 11.5 Å². The van der Waals surface area contributed by atoms with Crippen LogP contribution in [0.2, 0.25) is 0 Å². The normalized spacial score (nSPS) is 16.8. The molecule has 2 rings (SSSR count). The second kappa shape index (κ2) is 5.51. The minimum atomic E-state index is -0.790. The molecule has 0 amide bonds. The minimum absolute atomic E-state index is 0.0882. The predicted molar refractivity (Wildman–Crippen MR) is 67.9 cm³/mol. The van der Waals surface area contributed by atoms with Crippen LogP contribution in [0.25, 0.3) is 0 Å². The molecule has 1 heterocycles. The van der Waals surface area contributed by atoms with Crippen molar-refractivity contribution in [2.75, 3.05) is 25.3 Å². The van der Waals surface area contributed by atoms with Gasteiger partial charge in [0.15, 0.2) is 11.5 Å². The van der Waals surface area contributed by atoms with Crippen LogP contribution in [0.1, 0.15) is 18.5 Å². The van der Waals surface area contributed by atoms with E-state index in [1.165, 1.54) is 0 Å². The van der Waals surface area contributed by atoms with Crippen molar-refractivity contribution in [2.45, 2.75) is 13.0 Å². The Balaban J connectivity index is 2.16. The van der Waals surface area contributed by atoms with E-state index in [2.05, 4.69) is 5.32 Å². The highest BCUT2D eigenvalue weighted by Gasteiger charge is 2.18. The fraction of sp³-hybridized carbons (Fsp3) is 0.500. The molecule has 94 valence electrons. The first-order valence-corrected chi connectivity index (χ1v) is 7.15. The van der Waals surface area contributed by atoms with Gasteiger partial charge in [0.25, 0.3) is 0 Å². The summed E-state index contributed by atoms with van der Waals surface area (Å²) >= 11 is 0. The SMILES string of the molecule is CCS(=O)CC(NC)c1ccc2c(c1)OCO2. The zero-order chi connectivity index (χ0) is 12.3. The van der Waals surface area contributed by atoms with E-state index in [1.54, 1.807) is 0 Å². The maximum Gasteiger partial charge on any atom is 0.231 e. The molecule has 17 heavy (non-hydrogen) atoms. The molecule has 0 saturated heterocycles. The summed E-state index contributed by atoms with van der Waals surface area (Å²) in [6, 6.07) is 5.93. The summed E-state index contributed by atoms with van der Waals surface area (Å²) < 4.78 is 22.2. The smallest absolute Gasteiger partial charge is 0.231 e. The summed E-state index contributed by atoms with van der Waals surface area (Å²) in [7, 11) is 1.09. The van der Waals surface area contributed by atoms with Gasteiger partial charge in [0.1, 0.15) is 0 Å². The summed E-state index contributed by atoms with van der Waals surface area (Å²) in [4.78, 5) is 0. The van der Waals surface area contributed by atoms with Crippen LogP contribution < -0.4 is 14.8 Å². The van der Waals surface area contributed by atoms with Crippen molar-refractivity contribution in [3.63, 3.8) is 0 Å². The molecule has 1 aromatic carbocycles. The average Bonchev–Trinajstić information content (AvgIpc) is 2.82. The molecule has 1 aliphatic heterocycles. The van der Waals surface area contributed by atoms with E-state index in [-0.39, 0.29) is 12.8 Å². The highest BCUT2D eigenvalue weighted by Crippen LogP contribution is 2.34. The molecule has 2 atom stereocenters. The first-order valence-electron chi connectivity index (χ1n) is 5.66. The molecule has 0 fully saturated rings. The zero-order valence-corrected chi connectivity index (χ0v) is 10.9. The van der Waals surface area contributed by atoms with Gasteiger partial charge in [0.05, 0.1) is 0 Å². The third-order valence-electron chi connectivity index (χ3n) is 2.82. The van der Waals surface area contributed by atoms with Crippen molar-refractivity contribution >= 4 is 10.8 Å². The van der Waals surface area contributed by atoms with Crippen LogP contribution in [0.15, 0.2) is 18.2 Å². The van der Waals surface area contributed by atoms with Gasteiger partial charge in [0, 0.05) is 28.3 Å². The van der Waals surface area contributed by atoms with Gasteiger partial charge in [-0.1, -0.05) is 13.0 Å². The van der Waals surface area contributed by atoms with Gasteiger partial charge in [-0.2, -0.15) is 0 Å².